The third-order valence-electron chi connectivity index (χ3n) is 3.18. The Hall–Kier alpha value is -2.12. The fourth-order valence-corrected chi connectivity index (χ4v) is 2.75. The summed E-state index contributed by atoms with van der Waals surface area (Å²) >= 11 is 9.30. The summed E-state index contributed by atoms with van der Waals surface area (Å²) in [5, 5.41) is 7.30. The lowest BCUT2D eigenvalue weighted by molar-refractivity contribution is 0.416. The molecule has 0 spiro atoms. The maximum absolute atomic E-state index is 13.5. The average molecular weight is 398 g/mol. The number of methoxy groups -OCH3 is 1. The molecule has 0 amide bonds. The molecule has 0 fully saturated rings. The highest BCUT2D eigenvalue weighted by molar-refractivity contribution is 9.10. The molecule has 3 aromatic rings. The topological polar surface area (TPSA) is 76.8 Å². The van der Waals surface area contributed by atoms with Gasteiger partial charge in [-0.2, -0.15) is 5.10 Å². The van der Waals surface area contributed by atoms with Gasteiger partial charge < -0.3 is 10.5 Å². The first kappa shape index (κ1) is 15.8. The number of aromatic amines is 1. The first-order valence-electron chi connectivity index (χ1n) is 6.50. The molecule has 3 rings (SSSR count). The molecule has 0 aliphatic heterocycles. The minimum atomic E-state index is -0.381. The second-order valence-electron chi connectivity index (χ2n) is 4.74. The van der Waals surface area contributed by atoms with Crippen molar-refractivity contribution in [1.29, 1.82) is 0 Å². The molecule has 0 saturated heterocycles. The smallest absolute Gasteiger partial charge is 0.181 e. The number of benzene rings is 2. The summed E-state index contributed by atoms with van der Waals surface area (Å²) in [6.07, 6.45) is 0. The highest BCUT2D eigenvalue weighted by atomic mass is 79.9. The fraction of sp³-hybridized carbons (Fsp3) is 0.0667. The highest BCUT2D eigenvalue weighted by Crippen LogP contribution is 2.35. The Bertz CT molecular complexity index is 864. The SMILES string of the molecule is COc1cc(N)c(Cl)cc1-c1nc(-c2cc(F)cc(Br)c2)n[nH]1. The molecule has 8 heteroatoms. The molecule has 0 aliphatic carbocycles. The van der Waals surface area contributed by atoms with Crippen LogP contribution in [0.5, 0.6) is 5.75 Å². The minimum absolute atomic E-state index is 0.357. The lowest BCUT2D eigenvalue weighted by Crippen LogP contribution is -1.94. The number of nitrogens with zero attached hydrogens (tertiary/aromatic N) is 2. The van der Waals surface area contributed by atoms with Crippen LogP contribution in [0.1, 0.15) is 0 Å². The van der Waals surface area contributed by atoms with Crippen molar-refractivity contribution in [2.75, 3.05) is 12.8 Å². The summed E-state index contributed by atoms with van der Waals surface area (Å²) in [5.41, 5.74) is 7.32. The van der Waals surface area contributed by atoms with E-state index in [1.54, 1.807) is 18.2 Å². The van der Waals surface area contributed by atoms with E-state index in [4.69, 9.17) is 22.1 Å². The second-order valence-corrected chi connectivity index (χ2v) is 6.06. The predicted molar refractivity (Wildman–Crippen MR) is 90.9 cm³/mol. The maximum Gasteiger partial charge on any atom is 0.181 e. The van der Waals surface area contributed by atoms with Gasteiger partial charge in [-0.3, -0.25) is 5.10 Å². The molecule has 5 nitrogen and oxygen atoms in total. The standard InChI is InChI=1S/C15H11BrClFN4O/c1-23-13-6-12(19)11(17)5-10(13)15-20-14(21-22-15)7-2-8(16)4-9(18)3-7/h2-6H,19H2,1H3,(H,20,21,22). The van der Waals surface area contributed by atoms with Crippen LogP contribution < -0.4 is 10.5 Å². The average Bonchev–Trinajstić information content (AvgIpc) is 2.98. The Labute approximate surface area is 144 Å². The molecule has 1 heterocycles. The lowest BCUT2D eigenvalue weighted by atomic mass is 10.1. The third-order valence-corrected chi connectivity index (χ3v) is 3.97. The van der Waals surface area contributed by atoms with Crippen LogP contribution in [0.3, 0.4) is 0 Å². The molecule has 0 unspecified atom stereocenters. The Morgan fingerprint density at radius 1 is 1.26 bits per heavy atom. The molecule has 1 aromatic heterocycles. The molecule has 0 radical (unpaired) electrons. The van der Waals surface area contributed by atoms with Crippen LogP contribution in [0.15, 0.2) is 34.8 Å². The van der Waals surface area contributed by atoms with Gasteiger partial charge in [-0.15, -0.1) is 0 Å². The number of hydrogen-bond acceptors (Lipinski definition) is 4. The van der Waals surface area contributed by atoms with Crippen LogP contribution in [-0.4, -0.2) is 22.3 Å². The molecule has 0 bridgehead atoms. The molecule has 0 atom stereocenters. The number of hydrogen-bond donors (Lipinski definition) is 2. The molecule has 118 valence electrons. The van der Waals surface area contributed by atoms with Gasteiger partial charge in [-0.05, 0) is 24.3 Å². The van der Waals surface area contributed by atoms with E-state index in [1.165, 1.54) is 19.2 Å². The molecule has 3 N–H and O–H groups in total. The lowest BCUT2D eigenvalue weighted by Gasteiger charge is -2.08. The normalized spacial score (nSPS) is 10.8. The highest BCUT2D eigenvalue weighted by Gasteiger charge is 2.15. The molecular weight excluding hydrogens is 387 g/mol. The third kappa shape index (κ3) is 3.16. The van der Waals surface area contributed by atoms with Gasteiger partial charge in [0, 0.05) is 16.1 Å². The number of nitrogens with two attached hydrogens (primary N) is 1. The van der Waals surface area contributed by atoms with Crippen molar-refractivity contribution in [3.05, 3.63) is 45.6 Å². The van der Waals surface area contributed by atoms with Crippen LogP contribution in [0.4, 0.5) is 10.1 Å². The molecule has 2 aromatic carbocycles. The van der Waals surface area contributed by atoms with Gasteiger partial charge in [0.25, 0.3) is 0 Å². The Kier molecular flexibility index (Phi) is 4.23. The summed E-state index contributed by atoms with van der Waals surface area (Å²) < 4.78 is 19.4. The van der Waals surface area contributed by atoms with E-state index >= 15 is 0 Å². The number of nitrogens with one attached hydrogen (secondary N) is 1. The number of ether oxygens (including phenoxy) is 1. The van der Waals surface area contributed by atoms with E-state index in [1.807, 2.05) is 0 Å². The van der Waals surface area contributed by atoms with Crippen molar-refractivity contribution >= 4 is 33.2 Å². The van der Waals surface area contributed by atoms with Crippen molar-refractivity contribution in [3.8, 4) is 28.5 Å². The van der Waals surface area contributed by atoms with Crippen LogP contribution in [-0.2, 0) is 0 Å². The number of aromatic nitrogens is 3. The van der Waals surface area contributed by atoms with E-state index in [-0.39, 0.29) is 5.82 Å². The second kappa shape index (κ2) is 6.17. The van der Waals surface area contributed by atoms with Crippen molar-refractivity contribution in [2.24, 2.45) is 0 Å². The molecular formula is C15H11BrClFN4O. The number of halogens is 3. The number of rotatable bonds is 3. The maximum atomic E-state index is 13.5. The van der Waals surface area contributed by atoms with E-state index < -0.39 is 0 Å². The monoisotopic (exact) mass is 396 g/mol. The van der Waals surface area contributed by atoms with E-state index in [0.29, 0.717) is 43.7 Å². The molecule has 0 saturated carbocycles. The van der Waals surface area contributed by atoms with Gasteiger partial charge in [0.2, 0.25) is 0 Å². The van der Waals surface area contributed by atoms with Gasteiger partial charge in [-0.25, -0.2) is 9.37 Å². The van der Waals surface area contributed by atoms with Gasteiger partial charge >= 0.3 is 0 Å². The van der Waals surface area contributed by atoms with Crippen molar-refractivity contribution in [3.63, 3.8) is 0 Å². The largest absolute Gasteiger partial charge is 0.496 e. The molecule has 23 heavy (non-hydrogen) atoms. The zero-order valence-electron chi connectivity index (χ0n) is 11.9. The summed E-state index contributed by atoms with van der Waals surface area (Å²) in [5.74, 6) is 0.929. The summed E-state index contributed by atoms with van der Waals surface area (Å²) in [4.78, 5) is 4.38. The van der Waals surface area contributed by atoms with Crippen LogP contribution in [0, 0.1) is 5.82 Å². The summed E-state index contributed by atoms with van der Waals surface area (Å²) in [6, 6.07) is 7.69. The predicted octanol–water partition coefficient (Wildman–Crippen LogP) is 4.28. The van der Waals surface area contributed by atoms with Gasteiger partial charge in [0.05, 0.1) is 23.4 Å². The van der Waals surface area contributed by atoms with Crippen LogP contribution in [0.25, 0.3) is 22.8 Å². The zero-order valence-corrected chi connectivity index (χ0v) is 14.2. The fourth-order valence-electron chi connectivity index (χ4n) is 2.12. The van der Waals surface area contributed by atoms with Crippen molar-refractivity contribution in [2.45, 2.75) is 0 Å². The van der Waals surface area contributed by atoms with Crippen molar-refractivity contribution < 1.29 is 9.13 Å². The number of H-pyrrole nitrogens is 1. The van der Waals surface area contributed by atoms with Crippen LogP contribution >= 0.6 is 27.5 Å². The van der Waals surface area contributed by atoms with Crippen LogP contribution in [0.2, 0.25) is 5.02 Å². The van der Waals surface area contributed by atoms with Gasteiger partial charge in [0.1, 0.15) is 11.6 Å². The summed E-state index contributed by atoms with van der Waals surface area (Å²) in [7, 11) is 1.52. The Morgan fingerprint density at radius 3 is 2.74 bits per heavy atom. The summed E-state index contributed by atoms with van der Waals surface area (Å²) in [6.45, 7) is 0. The minimum Gasteiger partial charge on any atom is -0.496 e. The van der Waals surface area contributed by atoms with E-state index in [9.17, 15) is 4.39 Å². The Morgan fingerprint density at radius 2 is 2.04 bits per heavy atom. The van der Waals surface area contributed by atoms with E-state index in [2.05, 4.69) is 31.1 Å². The number of anilines is 1. The zero-order chi connectivity index (χ0) is 16.6. The quantitative estimate of drug-likeness (QED) is 0.647. The van der Waals surface area contributed by atoms with E-state index in [0.717, 1.165) is 0 Å². The number of nitrogen functional groups attached to an aromatic ring is 1. The Balaban J connectivity index is 2.07. The van der Waals surface area contributed by atoms with Crippen molar-refractivity contribution in [1.82, 2.24) is 15.2 Å². The van der Waals surface area contributed by atoms with Gasteiger partial charge in [-0.1, -0.05) is 27.5 Å². The first-order chi connectivity index (χ1) is 11.0. The van der Waals surface area contributed by atoms with Gasteiger partial charge in [0.15, 0.2) is 11.6 Å². The molecule has 0 aliphatic rings. The first-order valence-corrected chi connectivity index (χ1v) is 7.67.